The molecule has 112 valence electrons. The van der Waals surface area contributed by atoms with E-state index in [1.165, 1.54) is 38.9 Å². The number of rotatable bonds is 4. The average Bonchev–Trinajstić information content (AvgIpc) is 3.08. The lowest BCUT2D eigenvalue weighted by atomic mass is 10.0. The van der Waals surface area contributed by atoms with Crippen LogP contribution in [0, 0.1) is 0 Å². The van der Waals surface area contributed by atoms with Gasteiger partial charge in [-0.3, -0.25) is 4.90 Å². The van der Waals surface area contributed by atoms with Gasteiger partial charge < -0.3 is 9.32 Å². The second kappa shape index (κ2) is 6.22. The van der Waals surface area contributed by atoms with Crippen molar-refractivity contribution in [2.75, 3.05) is 33.2 Å². The molecule has 1 aromatic rings. The Morgan fingerprint density at radius 1 is 1.15 bits per heavy atom. The molecule has 1 unspecified atom stereocenters. The van der Waals surface area contributed by atoms with Crippen LogP contribution in [-0.2, 0) is 6.42 Å². The van der Waals surface area contributed by atoms with E-state index in [2.05, 4.69) is 34.0 Å². The number of nitrogens with zero attached hydrogens (tertiary/aromatic N) is 4. The van der Waals surface area contributed by atoms with Crippen LogP contribution in [0.5, 0.6) is 0 Å². The van der Waals surface area contributed by atoms with Crippen LogP contribution in [0.4, 0.5) is 0 Å². The summed E-state index contributed by atoms with van der Waals surface area (Å²) < 4.78 is 5.80. The van der Waals surface area contributed by atoms with Crippen molar-refractivity contribution in [3.05, 3.63) is 11.8 Å². The van der Waals surface area contributed by atoms with Crippen LogP contribution in [-0.4, -0.2) is 59.3 Å². The van der Waals surface area contributed by atoms with E-state index in [1.807, 2.05) is 0 Å². The predicted octanol–water partition coefficient (Wildman–Crippen LogP) is 1.91. The van der Waals surface area contributed by atoms with E-state index >= 15 is 0 Å². The lowest BCUT2D eigenvalue weighted by molar-refractivity contribution is 0.141. The summed E-state index contributed by atoms with van der Waals surface area (Å²) >= 11 is 0. The van der Waals surface area contributed by atoms with Crippen molar-refractivity contribution < 1.29 is 4.42 Å². The zero-order chi connectivity index (χ0) is 13.9. The van der Waals surface area contributed by atoms with Gasteiger partial charge in [0.05, 0.1) is 5.92 Å². The minimum Gasteiger partial charge on any atom is -0.425 e. The summed E-state index contributed by atoms with van der Waals surface area (Å²) in [4.78, 5) is 5.07. The molecule has 1 aromatic heterocycles. The smallest absolute Gasteiger partial charge is 0.220 e. The standard InChI is InChI=1S/C15H26N4O/c1-3-4-14-16-17-15(20-14)12-5-10-19(11-12)13-6-8-18(2)9-7-13/h12-13H,3-11H2,1-2H3. The van der Waals surface area contributed by atoms with Crippen LogP contribution in [0.25, 0.3) is 0 Å². The van der Waals surface area contributed by atoms with Crippen molar-refractivity contribution in [1.82, 2.24) is 20.0 Å². The predicted molar refractivity (Wildman–Crippen MR) is 77.7 cm³/mol. The van der Waals surface area contributed by atoms with Gasteiger partial charge in [-0.15, -0.1) is 10.2 Å². The molecular weight excluding hydrogens is 252 g/mol. The van der Waals surface area contributed by atoms with E-state index < -0.39 is 0 Å². The van der Waals surface area contributed by atoms with Gasteiger partial charge in [-0.2, -0.15) is 0 Å². The van der Waals surface area contributed by atoms with E-state index in [9.17, 15) is 0 Å². The Bertz CT molecular complexity index is 425. The monoisotopic (exact) mass is 278 g/mol. The van der Waals surface area contributed by atoms with Crippen molar-refractivity contribution in [3.63, 3.8) is 0 Å². The third-order valence-electron chi connectivity index (χ3n) is 4.72. The summed E-state index contributed by atoms with van der Waals surface area (Å²) in [7, 11) is 2.22. The first-order valence-corrected chi connectivity index (χ1v) is 8.01. The van der Waals surface area contributed by atoms with Gasteiger partial charge in [0, 0.05) is 19.0 Å². The summed E-state index contributed by atoms with van der Waals surface area (Å²) in [6.07, 6.45) is 5.73. The van der Waals surface area contributed by atoms with Crippen LogP contribution in [0.3, 0.4) is 0 Å². The lowest BCUT2D eigenvalue weighted by Crippen LogP contribution is -2.42. The molecule has 5 heteroatoms. The van der Waals surface area contributed by atoms with E-state index in [-0.39, 0.29) is 0 Å². The van der Waals surface area contributed by atoms with Crippen molar-refractivity contribution in [3.8, 4) is 0 Å². The summed E-state index contributed by atoms with van der Waals surface area (Å²) in [5.41, 5.74) is 0. The molecule has 3 rings (SSSR count). The molecule has 2 aliphatic rings. The van der Waals surface area contributed by atoms with Crippen molar-refractivity contribution in [1.29, 1.82) is 0 Å². The molecule has 1 atom stereocenters. The fraction of sp³-hybridized carbons (Fsp3) is 0.867. The number of hydrogen-bond donors (Lipinski definition) is 0. The van der Waals surface area contributed by atoms with Gasteiger partial charge in [-0.05, 0) is 52.4 Å². The van der Waals surface area contributed by atoms with Crippen LogP contribution in [0.2, 0.25) is 0 Å². The van der Waals surface area contributed by atoms with Gasteiger partial charge in [0.2, 0.25) is 11.8 Å². The molecule has 2 saturated heterocycles. The Kier molecular flexibility index (Phi) is 4.36. The van der Waals surface area contributed by atoms with Gasteiger partial charge in [0.15, 0.2) is 0 Å². The fourth-order valence-electron chi connectivity index (χ4n) is 3.43. The SMILES string of the molecule is CCCc1nnc(C2CCN(C3CCN(C)CC3)C2)o1. The molecule has 0 radical (unpaired) electrons. The van der Waals surface area contributed by atoms with Crippen molar-refractivity contribution in [2.24, 2.45) is 0 Å². The largest absolute Gasteiger partial charge is 0.425 e. The number of aromatic nitrogens is 2. The molecular formula is C15H26N4O. The molecule has 3 heterocycles. The highest BCUT2D eigenvalue weighted by atomic mass is 16.4. The Balaban J connectivity index is 1.55. The van der Waals surface area contributed by atoms with E-state index in [1.54, 1.807) is 0 Å². The average molecular weight is 278 g/mol. The van der Waals surface area contributed by atoms with Crippen LogP contribution >= 0.6 is 0 Å². The normalized spacial score (nSPS) is 26.4. The van der Waals surface area contributed by atoms with Crippen LogP contribution in [0.15, 0.2) is 4.42 Å². The third-order valence-corrected chi connectivity index (χ3v) is 4.72. The quantitative estimate of drug-likeness (QED) is 0.842. The number of likely N-dealkylation sites (tertiary alicyclic amines) is 2. The highest BCUT2D eigenvalue weighted by molar-refractivity contribution is 4.99. The highest BCUT2D eigenvalue weighted by Crippen LogP contribution is 2.30. The van der Waals surface area contributed by atoms with E-state index in [4.69, 9.17) is 4.42 Å². The van der Waals surface area contributed by atoms with Crippen molar-refractivity contribution in [2.45, 2.75) is 51.0 Å². The molecule has 0 aromatic carbocycles. The minimum absolute atomic E-state index is 0.452. The molecule has 2 fully saturated rings. The van der Waals surface area contributed by atoms with E-state index in [0.29, 0.717) is 5.92 Å². The second-order valence-corrected chi connectivity index (χ2v) is 6.30. The second-order valence-electron chi connectivity index (χ2n) is 6.30. The number of hydrogen-bond acceptors (Lipinski definition) is 5. The first-order valence-electron chi connectivity index (χ1n) is 8.01. The Hall–Kier alpha value is -0.940. The Morgan fingerprint density at radius 3 is 2.70 bits per heavy atom. The molecule has 0 aliphatic carbocycles. The van der Waals surface area contributed by atoms with Crippen molar-refractivity contribution >= 4 is 0 Å². The van der Waals surface area contributed by atoms with Gasteiger partial charge in [-0.1, -0.05) is 6.92 Å². The zero-order valence-corrected chi connectivity index (χ0v) is 12.7. The summed E-state index contributed by atoms with van der Waals surface area (Å²) in [6.45, 7) is 6.88. The first-order chi connectivity index (χ1) is 9.76. The molecule has 0 spiro atoms. The minimum atomic E-state index is 0.452. The van der Waals surface area contributed by atoms with Crippen LogP contribution in [0.1, 0.15) is 50.3 Å². The maximum absolute atomic E-state index is 5.80. The van der Waals surface area contributed by atoms with Gasteiger partial charge >= 0.3 is 0 Å². The molecule has 0 bridgehead atoms. The first kappa shape index (κ1) is 14.0. The van der Waals surface area contributed by atoms with Crippen LogP contribution < -0.4 is 0 Å². The molecule has 0 amide bonds. The lowest BCUT2D eigenvalue weighted by Gasteiger charge is -2.35. The molecule has 5 nitrogen and oxygen atoms in total. The Labute approximate surface area is 121 Å². The topological polar surface area (TPSA) is 45.4 Å². The zero-order valence-electron chi connectivity index (χ0n) is 12.7. The molecule has 20 heavy (non-hydrogen) atoms. The third kappa shape index (κ3) is 3.04. The summed E-state index contributed by atoms with van der Waals surface area (Å²) in [6, 6.07) is 0.759. The summed E-state index contributed by atoms with van der Waals surface area (Å²) in [5.74, 6) is 2.12. The number of aryl methyl sites for hydroxylation is 1. The van der Waals surface area contributed by atoms with Gasteiger partial charge in [0.25, 0.3) is 0 Å². The maximum atomic E-state index is 5.80. The van der Waals surface area contributed by atoms with E-state index in [0.717, 1.165) is 37.2 Å². The molecule has 0 N–H and O–H groups in total. The molecule has 2 aliphatic heterocycles. The van der Waals surface area contributed by atoms with Gasteiger partial charge in [-0.25, -0.2) is 0 Å². The summed E-state index contributed by atoms with van der Waals surface area (Å²) in [5, 5.41) is 8.41. The fourth-order valence-corrected chi connectivity index (χ4v) is 3.43. The number of piperidine rings is 1. The maximum Gasteiger partial charge on any atom is 0.220 e. The Morgan fingerprint density at radius 2 is 1.95 bits per heavy atom. The van der Waals surface area contributed by atoms with Gasteiger partial charge in [0.1, 0.15) is 0 Å². The highest BCUT2D eigenvalue weighted by Gasteiger charge is 2.33. The molecule has 0 saturated carbocycles.